The first-order valence-corrected chi connectivity index (χ1v) is 5.52. The molecule has 1 aromatic rings. The van der Waals surface area contributed by atoms with Crippen LogP contribution in [0.1, 0.15) is 10.4 Å². The van der Waals surface area contributed by atoms with Crippen LogP contribution >= 0.6 is 0 Å². The Morgan fingerprint density at radius 2 is 2.00 bits per heavy atom. The Balaban J connectivity index is 3.51. The van der Waals surface area contributed by atoms with Crippen LogP contribution in [0.15, 0.2) is 17.0 Å². The standard InChI is InChI=1S/C8H9FN2O4S/c1-15-8(12)4-2-7(16(11,13)14)5(9)3-6(4)10/h2-3H,10H2,1H3,(H2,11,13,14). The molecule has 0 heterocycles. The molecule has 0 spiro atoms. The van der Waals surface area contributed by atoms with Crippen molar-refractivity contribution in [2.45, 2.75) is 4.90 Å². The zero-order valence-electron chi connectivity index (χ0n) is 8.23. The Labute approximate surface area is 91.0 Å². The van der Waals surface area contributed by atoms with Crippen LogP contribution in [0.2, 0.25) is 0 Å². The number of carbonyl (C=O) groups is 1. The van der Waals surface area contributed by atoms with Crippen molar-refractivity contribution in [3.05, 3.63) is 23.5 Å². The molecule has 0 saturated heterocycles. The highest BCUT2D eigenvalue weighted by Crippen LogP contribution is 2.21. The number of esters is 1. The van der Waals surface area contributed by atoms with Gasteiger partial charge in [0.25, 0.3) is 0 Å². The van der Waals surface area contributed by atoms with Crippen molar-refractivity contribution in [1.82, 2.24) is 0 Å². The predicted molar refractivity (Wildman–Crippen MR) is 53.5 cm³/mol. The molecular weight excluding hydrogens is 239 g/mol. The highest BCUT2D eigenvalue weighted by molar-refractivity contribution is 7.89. The lowest BCUT2D eigenvalue weighted by molar-refractivity contribution is 0.0601. The van der Waals surface area contributed by atoms with Gasteiger partial charge in [0.2, 0.25) is 10.0 Å². The summed E-state index contributed by atoms with van der Waals surface area (Å²) in [6, 6.07) is 1.44. The summed E-state index contributed by atoms with van der Waals surface area (Å²) in [5.74, 6) is -1.99. The predicted octanol–water partition coefficient (Wildman–Crippen LogP) is -0.158. The smallest absolute Gasteiger partial charge is 0.340 e. The number of hydrogen-bond donors (Lipinski definition) is 2. The fourth-order valence-corrected chi connectivity index (χ4v) is 1.69. The molecule has 1 aromatic carbocycles. The van der Waals surface area contributed by atoms with Gasteiger partial charge in [-0.3, -0.25) is 0 Å². The number of benzene rings is 1. The molecular formula is C8H9FN2O4S. The molecule has 6 nitrogen and oxygen atoms in total. The minimum absolute atomic E-state index is 0.225. The number of carbonyl (C=O) groups excluding carboxylic acids is 1. The van der Waals surface area contributed by atoms with E-state index in [1.807, 2.05) is 0 Å². The van der Waals surface area contributed by atoms with E-state index in [0.29, 0.717) is 6.07 Å². The lowest BCUT2D eigenvalue weighted by atomic mass is 10.2. The number of nitrogens with two attached hydrogens (primary N) is 2. The minimum Gasteiger partial charge on any atom is -0.465 e. The second kappa shape index (κ2) is 4.06. The lowest BCUT2D eigenvalue weighted by Gasteiger charge is -2.06. The van der Waals surface area contributed by atoms with Crippen LogP contribution in [-0.2, 0) is 14.8 Å². The zero-order chi connectivity index (χ0) is 12.5. The van der Waals surface area contributed by atoms with E-state index in [4.69, 9.17) is 10.9 Å². The molecule has 0 aromatic heterocycles. The Bertz CT molecular complexity index is 541. The van der Waals surface area contributed by atoms with E-state index in [-0.39, 0.29) is 11.3 Å². The number of anilines is 1. The second-order valence-electron chi connectivity index (χ2n) is 2.91. The SMILES string of the molecule is COC(=O)c1cc(S(N)(=O)=O)c(F)cc1N. The first-order valence-electron chi connectivity index (χ1n) is 3.97. The molecule has 0 fully saturated rings. The van der Waals surface area contributed by atoms with Gasteiger partial charge in [-0.25, -0.2) is 22.7 Å². The summed E-state index contributed by atoms with van der Waals surface area (Å²) in [6.45, 7) is 0. The van der Waals surface area contributed by atoms with Crippen LogP contribution < -0.4 is 10.9 Å². The number of halogens is 1. The maximum Gasteiger partial charge on any atom is 0.340 e. The molecule has 0 aliphatic carbocycles. The number of primary sulfonamides is 1. The van der Waals surface area contributed by atoms with Gasteiger partial charge in [0.15, 0.2) is 0 Å². The summed E-state index contributed by atoms with van der Waals surface area (Å²) < 4.78 is 39.5. The highest BCUT2D eigenvalue weighted by atomic mass is 32.2. The van der Waals surface area contributed by atoms with Crippen molar-refractivity contribution in [1.29, 1.82) is 0 Å². The molecule has 8 heteroatoms. The van der Waals surface area contributed by atoms with Crippen molar-refractivity contribution in [2.24, 2.45) is 5.14 Å². The lowest BCUT2D eigenvalue weighted by Crippen LogP contribution is -2.16. The van der Waals surface area contributed by atoms with Gasteiger partial charge in [-0.15, -0.1) is 0 Å². The van der Waals surface area contributed by atoms with Gasteiger partial charge in [-0.05, 0) is 12.1 Å². The van der Waals surface area contributed by atoms with Gasteiger partial charge < -0.3 is 10.5 Å². The Hall–Kier alpha value is -1.67. The summed E-state index contributed by atoms with van der Waals surface area (Å²) in [5.41, 5.74) is 4.85. The second-order valence-corrected chi connectivity index (χ2v) is 4.44. The zero-order valence-corrected chi connectivity index (χ0v) is 9.05. The Morgan fingerprint density at radius 1 is 1.44 bits per heavy atom. The molecule has 0 bridgehead atoms. The molecule has 4 N–H and O–H groups in total. The summed E-state index contributed by atoms with van der Waals surface area (Å²) in [4.78, 5) is 10.4. The number of methoxy groups -OCH3 is 1. The van der Waals surface area contributed by atoms with Crippen LogP contribution in [0.3, 0.4) is 0 Å². The number of nitrogen functional groups attached to an aromatic ring is 1. The largest absolute Gasteiger partial charge is 0.465 e. The van der Waals surface area contributed by atoms with Crippen LogP contribution in [0.25, 0.3) is 0 Å². The normalized spacial score (nSPS) is 11.2. The fraction of sp³-hybridized carbons (Fsp3) is 0.125. The maximum absolute atomic E-state index is 13.2. The molecule has 0 unspecified atom stereocenters. The van der Waals surface area contributed by atoms with Crippen molar-refractivity contribution in [3.8, 4) is 0 Å². The topological polar surface area (TPSA) is 112 Å². The summed E-state index contributed by atoms with van der Waals surface area (Å²) in [5, 5.41) is 4.76. The van der Waals surface area contributed by atoms with E-state index in [1.165, 1.54) is 0 Å². The number of hydrogen-bond acceptors (Lipinski definition) is 5. The van der Waals surface area contributed by atoms with Crippen LogP contribution in [0.5, 0.6) is 0 Å². The molecule has 0 aliphatic heterocycles. The van der Waals surface area contributed by atoms with E-state index >= 15 is 0 Å². The Morgan fingerprint density at radius 3 is 2.44 bits per heavy atom. The van der Waals surface area contributed by atoms with Gasteiger partial charge in [-0.2, -0.15) is 0 Å². The highest BCUT2D eigenvalue weighted by Gasteiger charge is 2.20. The molecule has 0 aliphatic rings. The summed E-state index contributed by atoms with van der Waals surface area (Å²) in [7, 11) is -3.17. The van der Waals surface area contributed by atoms with Crippen LogP contribution in [0.4, 0.5) is 10.1 Å². The van der Waals surface area contributed by atoms with Gasteiger partial charge >= 0.3 is 5.97 Å². The Kier molecular flexibility index (Phi) is 3.15. The molecule has 16 heavy (non-hydrogen) atoms. The molecule has 0 saturated carbocycles. The molecule has 88 valence electrons. The number of rotatable bonds is 2. The summed E-state index contributed by atoms with van der Waals surface area (Å²) in [6.07, 6.45) is 0. The average Bonchev–Trinajstić information content (AvgIpc) is 2.14. The van der Waals surface area contributed by atoms with Crippen molar-refractivity contribution < 1.29 is 22.3 Å². The average molecular weight is 248 g/mol. The number of ether oxygens (including phenoxy) is 1. The van der Waals surface area contributed by atoms with Crippen molar-refractivity contribution in [3.63, 3.8) is 0 Å². The third-order valence-electron chi connectivity index (χ3n) is 1.82. The fourth-order valence-electron chi connectivity index (χ4n) is 1.07. The van der Waals surface area contributed by atoms with E-state index in [9.17, 15) is 17.6 Å². The molecule has 0 amide bonds. The van der Waals surface area contributed by atoms with Gasteiger partial charge in [0.1, 0.15) is 10.7 Å². The first kappa shape index (κ1) is 12.4. The van der Waals surface area contributed by atoms with E-state index in [0.717, 1.165) is 13.2 Å². The van der Waals surface area contributed by atoms with Crippen LogP contribution in [-0.4, -0.2) is 21.5 Å². The first-order chi connectivity index (χ1) is 7.27. The summed E-state index contributed by atoms with van der Waals surface area (Å²) >= 11 is 0. The van der Waals surface area contributed by atoms with Gasteiger partial charge in [-0.1, -0.05) is 0 Å². The quantitative estimate of drug-likeness (QED) is 0.558. The van der Waals surface area contributed by atoms with Gasteiger partial charge in [0, 0.05) is 5.69 Å². The van der Waals surface area contributed by atoms with Crippen molar-refractivity contribution in [2.75, 3.05) is 12.8 Å². The van der Waals surface area contributed by atoms with Crippen molar-refractivity contribution >= 4 is 21.7 Å². The molecule has 1 rings (SSSR count). The maximum atomic E-state index is 13.2. The molecule has 0 atom stereocenters. The number of sulfonamides is 1. The van der Waals surface area contributed by atoms with E-state index < -0.39 is 26.7 Å². The van der Waals surface area contributed by atoms with E-state index in [2.05, 4.69) is 4.74 Å². The van der Waals surface area contributed by atoms with Crippen LogP contribution in [0, 0.1) is 5.82 Å². The van der Waals surface area contributed by atoms with E-state index in [1.54, 1.807) is 0 Å². The minimum atomic E-state index is -4.25. The monoisotopic (exact) mass is 248 g/mol. The third-order valence-corrected chi connectivity index (χ3v) is 2.74. The third kappa shape index (κ3) is 2.28. The van der Waals surface area contributed by atoms with Gasteiger partial charge in [0.05, 0.1) is 12.7 Å². The molecule has 0 radical (unpaired) electrons.